The van der Waals surface area contributed by atoms with Crippen LogP contribution in [-0.2, 0) is 4.79 Å². The number of rotatable bonds is 37. The summed E-state index contributed by atoms with van der Waals surface area (Å²) in [7, 11) is 0. The molecule has 0 saturated heterocycles. The van der Waals surface area contributed by atoms with Crippen molar-refractivity contribution in [2.24, 2.45) is 5.73 Å². The van der Waals surface area contributed by atoms with Gasteiger partial charge in [-0.2, -0.15) is 0 Å². The molecule has 0 saturated carbocycles. The van der Waals surface area contributed by atoms with Gasteiger partial charge in [0, 0.05) is 13.0 Å². The van der Waals surface area contributed by atoms with Gasteiger partial charge in [-0.05, 0) is 77.2 Å². The lowest BCUT2D eigenvalue weighted by Crippen LogP contribution is -1.97. The smallest absolute Gasteiger partial charge is 0.303 e. The van der Waals surface area contributed by atoms with E-state index in [1.54, 1.807) is 0 Å². The zero-order valence-electron chi connectivity index (χ0n) is 31.1. The summed E-state index contributed by atoms with van der Waals surface area (Å²) in [6, 6.07) is 0. The molecule has 0 atom stereocenters. The Labute approximate surface area is 288 Å². The number of aliphatic hydroxyl groups excluding tert-OH is 1. The van der Waals surface area contributed by atoms with E-state index in [1.165, 1.54) is 193 Å². The molecular weight excluding hydrogens is 566 g/mol. The number of unbranched alkanes of at least 4 members (excludes halogenated alkanes) is 29. The highest BCUT2D eigenvalue weighted by molar-refractivity contribution is 5.66. The van der Waals surface area contributed by atoms with Crippen LogP contribution in [0.5, 0.6) is 0 Å². The van der Waals surface area contributed by atoms with Gasteiger partial charge in [0.05, 0.1) is 0 Å². The van der Waals surface area contributed by atoms with Gasteiger partial charge in [0.1, 0.15) is 0 Å². The van der Waals surface area contributed by atoms with Crippen molar-refractivity contribution in [1.29, 1.82) is 0 Å². The molecule has 4 heteroatoms. The van der Waals surface area contributed by atoms with Gasteiger partial charge in [-0.25, -0.2) is 0 Å². The molecule has 0 aromatic carbocycles. The largest absolute Gasteiger partial charge is 0.481 e. The van der Waals surface area contributed by atoms with Crippen molar-refractivity contribution in [3.63, 3.8) is 0 Å². The SMILES string of the molecule is CCCCCCCCC=CCCCCCCCCCCCC(=O)O.NCCCCCCCCC=CCCCCCCCCCCO. The molecule has 0 bridgehead atoms. The molecule has 0 aromatic heterocycles. The summed E-state index contributed by atoms with van der Waals surface area (Å²) in [5, 5.41) is 17.2. The molecular formula is C42H83NO3. The van der Waals surface area contributed by atoms with E-state index in [4.69, 9.17) is 15.9 Å². The van der Waals surface area contributed by atoms with Gasteiger partial charge >= 0.3 is 5.97 Å². The zero-order chi connectivity index (χ0) is 33.9. The first kappa shape index (κ1) is 47.0. The van der Waals surface area contributed by atoms with Gasteiger partial charge in [-0.1, -0.05) is 172 Å². The van der Waals surface area contributed by atoms with E-state index in [2.05, 4.69) is 31.2 Å². The Hall–Kier alpha value is -1.13. The summed E-state index contributed by atoms with van der Waals surface area (Å²) in [6.45, 7) is 3.49. The molecule has 0 amide bonds. The van der Waals surface area contributed by atoms with Crippen LogP contribution in [0, 0.1) is 0 Å². The molecule has 46 heavy (non-hydrogen) atoms. The van der Waals surface area contributed by atoms with Crippen LogP contribution in [0.4, 0.5) is 0 Å². The number of nitrogens with two attached hydrogens (primary N) is 1. The summed E-state index contributed by atoms with van der Waals surface area (Å²) in [6.07, 6.45) is 52.7. The predicted octanol–water partition coefficient (Wildman–Crippen LogP) is 13.4. The third-order valence-corrected chi connectivity index (χ3v) is 8.92. The number of allylic oxidation sites excluding steroid dienone is 4. The van der Waals surface area contributed by atoms with Crippen LogP contribution >= 0.6 is 0 Å². The monoisotopic (exact) mass is 650 g/mol. The molecule has 0 aliphatic carbocycles. The maximum Gasteiger partial charge on any atom is 0.303 e. The topological polar surface area (TPSA) is 83.5 Å². The van der Waals surface area contributed by atoms with Crippen LogP contribution in [0.3, 0.4) is 0 Å². The van der Waals surface area contributed by atoms with Crippen molar-refractivity contribution in [2.75, 3.05) is 13.2 Å². The highest BCUT2D eigenvalue weighted by Gasteiger charge is 1.97. The molecule has 0 aromatic rings. The highest BCUT2D eigenvalue weighted by atomic mass is 16.4. The molecule has 0 fully saturated rings. The lowest BCUT2D eigenvalue weighted by atomic mass is 10.1. The van der Waals surface area contributed by atoms with E-state index in [0.29, 0.717) is 13.0 Å². The summed E-state index contributed by atoms with van der Waals surface area (Å²) in [5.41, 5.74) is 5.48. The second kappa shape index (κ2) is 46.0. The summed E-state index contributed by atoms with van der Waals surface area (Å²) in [4.78, 5) is 10.4. The number of hydrogen-bond donors (Lipinski definition) is 3. The van der Waals surface area contributed by atoms with Crippen LogP contribution in [0.25, 0.3) is 0 Å². The first-order valence-electron chi connectivity index (χ1n) is 20.5. The number of carboxylic acid groups (broad SMARTS) is 1. The molecule has 0 unspecified atom stereocenters. The first-order valence-corrected chi connectivity index (χ1v) is 20.5. The highest BCUT2D eigenvalue weighted by Crippen LogP contribution is 2.13. The van der Waals surface area contributed by atoms with Crippen molar-refractivity contribution >= 4 is 5.97 Å². The molecule has 0 aliphatic rings. The average Bonchev–Trinajstić information content (AvgIpc) is 3.05. The molecule has 0 heterocycles. The Morgan fingerprint density at radius 2 is 0.717 bits per heavy atom. The van der Waals surface area contributed by atoms with Gasteiger partial charge in [-0.3, -0.25) is 4.79 Å². The minimum absolute atomic E-state index is 0.340. The minimum Gasteiger partial charge on any atom is -0.481 e. The fourth-order valence-corrected chi connectivity index (χ4v) is 5.84. The maximum absolute atomic E-state index is 10.4. The summed E-state index contributed by atoms with van der Waals surface area (Å²) >= 11 is 0. The van der Waals surface area contributed by atoms with E-state index in [0.717, 1.165) is 25.8 Å². The Morgan fingerprint density at radius 3 is 1.02 bits per heavy atom. The summed E-state index contributed by atoms with van der Waals surface area (Å²) in [5.74, 6) is -0.656. The number of carboxylic acids is 1. The third-order valence-electron chi connectivity index (χ3n) is 8.92. The fourth-order valence-electron chi connectivity index (χ4n) is 5.84. The van der Waals surface area contributed by atoms with Crippen LogP contribution in [0.15, 0.2) is 24.3 Å². The molecule has 274 valence electrons. The Morgan fingerprint density at radius 1 is 0.435 bits per heavy atom. The molecule has 0 aliphatic heterocycles. The van der Waals surface area contributed by atoms with Gasteiger partial charge in [-0.15, -0.1) is 0 Å². The predicted molar refractivity (Wildman–Crippen MR) is 205 cm³/mol. The Balaban J connectivity index is 0. The molecule has 4 N–H and O–H groups in total. The van der Waals surface area contributed by atoms with Gasteiger partial charge in [0.25, 0.3) is 0 Å². The van der Waals surface area contributed by atoms with E-state index < -0.39 is 5.97 Å². The van der Waals surface area contributed by atoms with Crippen molar-refractivity contribution < 1.29 is 15.0 Å². The number of hydrogen-bond acceptors (Lipinski definition) is 3. The lowest BCUT2D eigenvalue weighted by molar-refractivity contribution is -0.137. The standard InChI is InChI=1S/C22H42O2.C20H41NO/c1-2-3-4-5-6-7-8-9-10-11-12-13-14-15-16-17-18-19-20-21-22(23)24;21-19-17-15-13-11-9-7-5-3-1-2-4-6-8-10-12-14-16-18-20-22/h9-10H,2-8,11-21H2,1H3,(H,23,24);1,3,22H,2,4-21H2. The molecule has 0 rings (SSSR count). The van der Waals surface area contributed by atoms with E-state index >= 15 is 0 Å². The average molecular weight is 650 g/mol. The lowest BCUT2D eigenvalue weighted by Gasteiger charge is -2.01. The molecule has 4 nitrogen and oxygen atoms in total. The van der Waals surface area contributed by atoms with Crippen LogP contribution in [0.1, 0.15) is 225 Å². The Kier molecular flexibility index (Phi) is 47.0. The Bertz CT molecular complexity index is 604. The third kappa shape index (κ3) is 49.7. The second-order valence-electron chi connectivity index (χ2n) is 13.7. The van der Waals surface area contributed by atoms with Crippen molar-refractivity contribution in [3.05, 3.63) is 24.3 Å². The van der Waals surface area contributed by atoms with Crippen LogP contribution in [0.2, 0.25) is 0 Å². The van der Waals surface area contributed by atoms with Crippen molar-refractivity contribution in [3.8, 4) is 0 Å². The van der Waals surface area contributed by atoms with Crippen LogP contribution in [-0.4, -0.2) is 29.3 Å². The quantitative estimate of drug-likeness (QED) is 0.0462. The van der Waals surface area contributed by atoms with Crippen LogP contribution < -0.4 is 5.73 Å². The molecule has 0 radical (unpaired) electrons. The van der Waals surface area contributed by atoms with Gasteiger partial charge in [0.2, 0.25) is 0 Å². The number of aliphatic hydroxyl groups is 1. The summed E-state index contributed by atoms with van der Waals surface area (Å²) < 4.78 is 0. The fraction of sp³-hybridized carbons (Fsp3) is 0.881. The first-order chi connectivity index (χ1) is 22.7. The number of carbonyl (C=O) groups is 1. The minimum atomic E-state index is -0.656. The van der Waals surface area contributed by atoms with Crippen molar-refractivity contribution in [1.82, 2.24) is 0 Å². The second-order valence-corrected chi connectivity index (χ2v) is 13.7. The van der Waals surface area contributed by atoms with Crippen molar-refractivity contribution in [2.45, 2.75) is 225 Å². The number of aliphatic carboxylic acids is 1. The maximum atomic E-state index is 10.4. The van der Waals surface area contributed by atoms with E-state index in [1.807, 2.05) is 0 Å². The van der Waals surface area contributed by atoms with Gasteiger partial charge < -0.3 is 15.9 Å². The molecule has 0 spiro atoms. The van der Waals surface area contributed by atoms with E-state index in [9.17, 15) is 4.79 Å². The van der Waals surface area contributed by atoms with E-state index in [-0.39, 0.29) is 0 Å². The van der Waals surface area contributed by atoms with Gasteiger partial charge in [0.15, 0.2) is 0 Å². The normalized spacial score (nSPS) is 11.5. The zero-order valence-corrected chi connectivity index (χ0v) is 31.1.